The summed E-state index contributed by atoms with van der Waals surface area (Å²) in [4.78, 5) is 2.41. The molecule has 0 aliphatic heterocycles. The Labute approximate surface area is 315 Å². The average Bonchev–Trinajstić information content (AvgIpc) is 3.55. The molecule has 0 unspecified atom stereocenters. The molecule has 256 valence electrons. The molecule has 0 saturated heterocycles. The van der Waals surface area contributed by atoms with E-state index in [2.05, 4.69) is 217 Å². The van der Waals surface area contributed by atoms with E-state index in [4.69, 9.17) is 0 Å². The van der Waals surface area contributed by atoms with Crippen LogP contribution in [0.5, 0.6) is 0 Å². The maximum absolute atomic E-state index is 2.42. The molecule has 2 heteroatoms. The van der Waals surface area contributed by atoms with E-state index in [0.717, 1.165) is 11.4 Å². The molecule has 1 aromatic heterocycles. The Morgan fingerprint density at radius 3 is 1.35 bits per heavy atom. The molecule has 0 spiro atoms. The quantitative estimate of drug-likeness (QED) is 0.158. The van der Waals surface area contributed by atoms with Crippen molar-refractivity contribution in [1.82, 2.24) is 4.57 Å². The normalized spacial score (nSPS) is 11.5. The van der Waals surface area contributed by atoms with Crippen LogP contribution in [0.2, 0.25) is 0 Å². The second-order valence-electron chi connectivity index (χ2n) is 14.2. The lowest BCUT2D eigenvalue weighted by molar-refractivity contribution is 1.18. The summed E-state index contributed by atoms with van der Waals surface area (Å²) in [5.74, 6) is 0. The third-order valence-electron chi connectivity index (χ3n) is 11.0. The lowest BCUT2D eigenvalue weighted by Crippen LogP contribution is -2.12. The summed E-state index contributed by atoms with van der Waals surface area (Å²) in [6.07, 6.45) is 0. The number of para-hydroxylation sites is 3. The molecule has 0 fully saturated rings. The van der Waals surface area contributed by atoms with Gasteiger partial charge in [0.2, 0.25) is 0 Å². The van der Waals surface area contributed by atoms with Crippen LogP contribution in [0.4, 0.5) is 17.1 Å². The Morgan fingerprint density at radius 2 is 0.796 bits per heavy atom. The first-order chi connectivity index (χ1) is 26.7. The second kappa shape index (κ2) is 12.9. The highest BCUT2D eigenvalue weighted by molar-refractivity contribution is 6.21. The van der Waals surface area contributed by atoms with Crippen molar-refractivity contribution in [3.63, 3.8) is 0 Å². The standard InChI is InChI=1S/C52H38N2/c1-35-16-6-13-25-47(35)54(48-26-14-7-17-36(48)2)40-32-33-50-46(34-40)41-20-12-15-27-49(41)53(50)39-30-28-38(29-31-39)52-44-23-10-8-21-42(44)51(37-18-4-3-5-19-37)43-22-9-11-24-45(43)52/h3-34H,1-2H3. The van der Waals surface area contributed by atoms with Gasteiger partial charge in [0.1, 0.15) is 0 Å². The molecule has 2 nitrogen and oxygen atoms in total. The summed E-state index contributed by atoms with van der Waals surface area (Å²) in [6.45, 7) is 4.38. The van der Waals surface area contributed by atoms with Crippen molar-refractivity contribution in [3.05, 3.63) is 205 Å². The van der Waals surface area contributed by atoms with Crippen molar-refractivity contribution in [2.24, 2.45) is 0 Å². The Bertz CT molecular complexity index is 2900. The topological polar surface area (TPSA) is 8.17 Å². The van der Waals surface area contributed by atoms with Gasteiger partial charge in [-0.3, -0.25) is 0 Å². The van der Waals surface area contributed by atoms with E-state index >= 15 is 0 Å². The van der Waals surface area contributed by atoms with Gasteiger partial charge in [-0.25, -0.2) is 0 Å². The highest BCUT2D eigenvalue weighted by atomic mass is 15.1. The van der Waals surface area contributed by atoms with Gasteiger partial charge in [-0.15, -0.1) is 0 Å². The molecule has 0 N–H and O–H groups in total. The molecule has 0 saturated carbocycles. The molecule has 1 heterocycles. The van der Waals surface area contributed by atoms with Crippen LogP contribution >= 0.6 is 0 Å². The zero-order chi connectivity index (χ0) is 36.2. The molecular weight excluding hydrogens is 653 g/mol. The van der Waals surface area contributed by atoms with Crippen molar-refractivity contribution in [2.75, 3.05) is 4.90 Å². The smallest absolute Gasteiger partial charge is 0.0542 e. The molecule has 0 amide bonds. The first-order valence-electron chi connectivity index (χ1n) is 18.7. The monoisotopic (exact) mass is 690 g/mol. The molecule has 0 radical (unpaired) electrons. The van der Waals surface area contributed by atoms with Crippen LogP contribution in [0.15, 0.2) is 194 Å². The van der Waals surface area contributed by atoms with Crippen LogP contribution in [0, 0.1) is 13.8 Å². The van der Waals surface area contributed by atoms with Crippen LogP contribution in [-0.2, 0) is 0 Å². The Morgan fingerprint density at radius 1 is 0.352 bits per heavy atom. The van der Waals surface area contributed by atoms with Crippen LogP contribution in [-0.4, -0.2) is 4.57 Å². The lowest BCUT2D eigenvalue weighted by atomic mass is 9.86. The van der Waals surface area contributed by atoms with E-state index in [1.54, 1.807) is 0 Å². The number of fused-ring (bicyclic) bond motifs is 5. The van der Waals surface area contributed by atoms with Crippen LogP contribution in [0.1, 0.15) is 11.1 Å². The average molecular weight is 691 g/mol. The third-order valence-corrected chi connectivity index (χ3v) is 11.0. The highest BCUT2D eigenvalue weighted by Crippen LogP contribution is 2.45. The number of aryl methyl sites for hydroxylation is 2. The highest BCUT2D eigenvalue weighted by Gasteiger charge is 2.20. The summed E-state index contributed by atoms with van der Waals surface area (Å²) in [5.41, 5.74) is 14.5. The van der Waals surface area contributed by atoms with Gasteiger partial charge in [0.05, 0.1) is 11.0 Å². The van der Waals surface area contributed by atoms with Crippen LogP contribution in [0.25, 0.3) is 71.3 Å². The van der Waals surface area contributed by atoms with E-state index < -0.39 is 0 Å². The largest absolute Gasteiger partial charge is 0.310 e. The number of nitrogens with zero attached hydrogens (tertiary/aromatic N) is 2. The Hall–Kier alpha value is -6.90. The fourth-order valence-corrected chi connectivity index (χ4v) is 8.55. The molecule has 0 atom stereocenters. The predicted octanol–water partition coefficient (Wildman–Crippen LogP) is 14.5. The van der Waals surface area contributed by atoms with Crippen molar-refractivity contribution in [1.29, 1.82) is 0 Å². The van der Waals surface area contributed by atoms with Crippen molar-refractivity contribution < 1.29 is 0 Å². The third kappa shape index (κ3) is 5.10. The van der Waals surface area contributed by atoms with Crippen LogP contribution < -0.4 is 4.90 Å². The van der Waals surface area contributed by atoms with Gasteiger partial charge in [0, 0.05) is 33.5 Å². The van der Waals surface area contributed by atoms with E-state index in [0.29, 0.717) is 0 Å². The number of hydrogen-bond donors (Lipinski definition) is 0. The summed E-state index contributed by atoms with van der Waals surface area (Å²) in [7, 11) is 0. The molecule has 54 heavy (non-hydrogen) atoms. The van der Waals surface area contributed by atoms with Gasteiger partial charge in [-0.05, 0) is 117 Å². The van der Waals surface area contributed by atoms with Crippen molar-refractivity contribution >= 4 is 60.4 Å². The zero-order valence-corrected chi connectivity index (χ0v) is 30.4. The number of hydrogen-bond acceptors (Lipinski definition) is 1. The molecule has 0 bridgehead atoms. The van der Waals surface area contributed by atoms with Gasteiger partial charge in [0.25, 0.3) is 0 Å². The minimum atomic E-state index is 1.14. The van der Waals surface area contributed by atoms with E-state index in [-0.39, 0.29) is 0 Å². The fourth-order valence-electron chi connectivity index (χ4n) is 8.55. The van der Waals surface area contributed by atoms with Gasteiger partial charge in [-0.1, -0.05) is 146 Å². The minimum absolute atomic E-state index is 1.14. The summed E-state index contributed by atoms with van der Waals surface area (Å²) >= 11 is 0. The number of aromatic nitrogens is 1. The summed E-state index contributed by atoms with van der Waals surface area (Å²) in [6, 6.07) is 70.8. The molecular formula is C52H38N2. The second-order valence-corrected chi connectivity index (χ2v) is 14.2. The van der Waals surface area contributed by atoms with Crippen molar-refractivity contribution in [3.8, 4) is 27.9 Å². The number of rotatable bonds is 6. The van der Waals surface area contributed by atoms with E-state index in [1.807, 2.05) is 0 Å². The maximum atomic E-state index is 2.42. The van der Waals surface area contributed by atoms with E-state index in [9.17, 15) is 0 Å². The van der Waals surface area contributed by atoms with Crippen molar-refractivity contribution in [2.45, 2.75) is 13.8 Å². The summed E-state index contributed by atoms with van der Waals surface area (Å²) < 4.78 is 2.42. The SMILES string of the molecule is Cc1ccccc1N(c1ccc2c(c1)c1ccccc1n2-c1ccc(-c2c3ccccc3c(-c3ccccc3)c3ccccc23)cc1)c1ccccc1C. The Balaban J connectivity index is 1.14. The number of anilines is 3. The first kappa shape index (κ1) is 31.8. The summed E-state index contributed by atoms with van der Waals surface area (Å²) in [5, 5.41) is 7.53. The first-order valence-corrected chi connectivity index (χ1v) is 18.7. The van der Waals surface area contributed by atoms with E-state index in [1.165, 1.54) is 88.1 Å². The van der Waals surface area contributed by atoms with Gasteiger partial charge in [-0.2, -0.15) is 0 Å². The minimum Gasteiger partial charge on any atom is -0.310 e. The van der Waals surface area contributed by atoms with Gasteiger partial charge >= 0.3 is 0 Å². The maximum Gasteiger partial charge on any atom is 0.0542 e. The van der Waals surface area contributed by atoms with Gasteiger partial charge < -0.3 is 9.47 Å². The molecule has 0 aliphatic carbocycles. The lowest BCUT2D eigenvalue weighted by Gasteiger charge is -2.28. The molecule has 10 aromatic rings. The Kier molecular flexibility index (Phi) is 7.63. The fraction of sp³-hybridized carbons (Fsp3) is 0.0385. The van der Waals surface area contributed by atoms with Gasteiger partial charge in [0.15, 0.2) is 0 Å². The van der Waals surface area contributed by atoms with Crippen LogP contribution in [0.3, 0.4) is 0 Å². The number of benzene rings is 9. The molecule has 0 aliphatic rings. The zero-order valence-electron chi connectivity index (χ0n) is 30.4. The molecule has 10 rings (SSSR count). The molecule has 9 aromatic carbocycles. The predicted molar refractivity (Wildman–Crippen MR) is 231 cm³/mol.